The topological polar surface area (TPSA) is 59.1 Å². The minimum Gasteiger partial charge on any atom is -0.490 e. The molecule has 0 saturated carbocycles. The molecule has 2 amide bonds. The van der Waals surface area contributed by atoms with Crippen LogP contribution in [0.25, 0.3) is 6.08 Å². The van der Waals surface area contributed by atoms with Gasteiger partial charge in [-0.15, -0.1) is 0 Å². The lowest BCUT2D eigenvalue weighted by atomic mass is 10.0. The molecule has 4 aromatic carbocycles. The van der Waals surface area contributed by atoms with Gasteiger partial charge in [-0.25, -0.2) is 0 Å². The van der Waals surface area contributed by atoms with Gasteiger partial charge < -0.3 is 9.47 Å². The molecule has 5 rings (SSSR count). The molecule has 0 aliphatic carbocycles. The minimum atomic E-state index is -0.494. The van der Waals surface area contributed by atoms with Crippen molar-refractivity contribution < 1.29 is 19.1 Å². The third-order valence-electron chi connectivity index (χ3n) is 6.42. The molecule has 1 heterocycles. The lowest BCUT2D eigenvalue weighted by Gasteiger charge is -2.36. The number of rotatable bonds is 8. The Morgan fingerprint density at radius 1 is 0.805 bits per heavy atom. The number of thiocarbonyl (C=S) groups is 1. The number of benzene rings is 4. The van der Waals surface area contributed by atoms with Gasteiger partial charge in [-0.05, 0) is 102 Å². The summed E-state index contributed by atoms with van der Waals surface area (Å²) in [6, 6.07) is 30.0. The third-order valence-corrected chi connectivity index (χ3v) is 7.59. The number of para-hydroxylation sites is 2. The van der Waals surface area contributed by atoms with Gasteiger partial charge >= 0.3 is 0 Å². The van der Waals surface area contributed by atoms with E-state index in [-0.39, 0.29) is 10.7 Å². The number of carbonyl (C=O) groups excluding carboxylic acids is 2. The summed E-state index contributed by atoms with van der Waals surface area (Å²) in [4.78, 5) is 30.5. The molecule has 1 aliphatic rings. The van der Waals surface area contributed by atoms with E-state index in [4.69, 9.17) is 21.7 Å². The van der Waals surface area contributed by atoms with Crippen LogP contribution in [0, 0.1) is 10.5 Å². The van der Waals surface area contributed by atoms with Crippen LogP contribution in [0.5, 0.6) is 11.5 Å². The summed E-state index contributed by atoms with van der Waals surface area (Å²) in [5, 5.41) is 0.0963. The van der Waals surface area contributed by atoms with Crippen molar-refractivity contribution in [3.05, 3.63) is 123 Å². The zero-order chi connectivity index (χ0) is 28.9. The largest absolute Gasteiger partial charge is 0.490 e. The van der Waals surface area contributed by atoms with E-state index in [0.29, 0.717) is 41.7 Å². The fourth-order valence-electron chi connectivity index (χ4n) is 4.42. The molecule has 0 spiro atoms. The summed E-state index contributed by atoms with van der Waals surface area (Å²) in [6.45, 7) is 4.74. The molecule has 6 nitrogen and oxygen atoms in total. The van der Waals surface area contributed by atoms with Crippen molar-refractivity contribution >= 4 is 69.2 Å². The highest BCUT2D eigenvalue weighted by Gasteiger charge is 2.41. The highest BCUT2D eigenvalue weighted by Crippen LogP contribution is 2.37. The average molecular weight is 675 g/mol. The molecule has 0 bridgehead atoms. The zero-order valence-electron chi connectivity index (χ0n) is 22.5. The number of amides is 2. The van der Waals surface area contributed by atoms with Crippen LogP contribution in [-0.2, 0) is 16.2 Å². The summed E-state index contributed by atoms with van der Waals surface area (Å²) in [6.07, 6.45) is 1.59. The molecule has 8 heteroatoms. The highest BCUT2D eigenvalue weighted by atomic mass is 127. The number of aryl methyl sites for hydroxylation is 1. The average Bonchev–Trinajstić information content (AvgIpc) is 2.97. The molecule has 1 saturated heterocycles. The molecule has 0 radical (unpaired) electrons. The van der Waals surface area contributed by atoms with Crippen molar-refractivity contribution in [3.8, 4) is 11.5 Å². The van der Waals surface area contributed by atoms with Crippen LogP contribution in [0.4, 0.5) is 11.4 Å². The number of hydrogen-bond donors (Lipinski definition) is 0. The van der Waals surface area contributed by atoms with Crippen LogP contribution in [0.2, 0.25) is 0 Å². The summed E-state index contributed by atoms with van der Waals surface area (Å²) in [5.74, 6) is 0.149. The fraction of sp³-hybridized carbons (Fsp3) is 0.121. The first-order chi connectivity index (χ1) is 19.9. The summed E-state index contributed by atoms with van der Waals surface area (Å²) < 4.78 is 12.9. The quantitative estimate of drug-likeness (QED) is 0.0849. The summed E-state index contributed by atoms with van der Waals surface area (Å²) in [5.41, 5.74) is 3.98. The van der Waals surface area contributed by atoms with Gasteiger partial charge in [-0.1, -0.05) is 66.2 Å². The van der Waals surface area contributed by atoms with Crippen LogP contribution in [0.15, 0.2) is 103 Å². The van der Waals surface area contributed by atoms with Crippen LogP contribution in [-0.4, -0.2) is 23.5 Å². The van der Waals surface area contributed by atoms with Gasteiger partial charge in [-0.3, -0.25) is 19.4 Å². The van der Waals surface area contributed by atoms with Crippen LogP contribution < -0.4 is 19.3 Å². The Morgan fingerprint density at radius 2 is 1.37 bits per heavy atom. The molecule has 41 heavy (non-hydrogen) atoms. The third kappa shape index (κ3) is 6.18. The maximum Gasteiger partial charge on any atom is 0.270 e. The van der Waals surface area contributed by atoms with Crippen molar-refractivity contribution in [2.45, 2.75) is 20.5 Å². The second kappa shape index (κ2) is 12.7. The molecule has 0 atom stereocenters. The Kier molecular flexibility index (Phi) is 8.80. The predicted molar refractivity (Wildman–Crippen MR) is 174 cm³/mol. The van der Waals surface area contributed by atoms with Crippen molar-refractivity contribution in [2.75, 3.05) is 16.4 Å². The lowest BCUT2D eigenvalue weighted by Crippen LogP contribution is -2.56. The number of halogens is 1. The SMILES string of the molecule is CCOc1cc(C=C2C(=O)N(c3ccccc3)C(=S)N(c3ccccc3)C2=O)cc(I)c1OCc1ccc(C)cc1. The van der Waals surface area contributed by atoms with Gasteiger partial charge in [0.05, 0.1) is 21.6 Å². The van der Waals surface area contributed by atoms with Gasteiger partial charge in [0.2, 0.25) is 0 Å². The number of ether oxygens (including phenoxy) is 2. The van der Waals surface area contributed by atoms with Gasteiger partial charge in [0.15, 0.2) is 16.6 Å². The molecule has 0 aromatic heterocycles. The second-order valence-electron chi connectivity index (χ2n) is 9.33. The van der Waals surface area contributed by atoms with Crippen molar-refractivity contribution in [1.82, 2.24) is 0 Å². The molecule has 1 fully saturated rings. The molecule has 4 aromatic rings. The number of nitrogens with zero attached hydrogens (tertiary/aromatic N) is 2. The van der Waals surface area contributed by atoms with E-state index in [2.05, 4.69) is 22.6 Å². The highest BCUT2D eigenvalue weighted by molar-refractivity contribution is 14.1. The van der Waals surface area contributed by atoms with E-state index in [0.717, 1.165) is 9.13 Å². The normalized spacial score (nSPS) is 13.4. The van der Waals surface area contributed by atoms with Gasteiger partial charge in [-0.2, -0.15) is 0 Å². The number of carbonyl (C=O) groups is 2. The number of hydrogen-bond acceptors (Lipinski definition) is 5. The summed E-state index contributed by atoms with van der Waals surface area (Å²) >= 11 is 7.89. The van der Waals surface area contributed by atoms with E-state index in [1.807, 2.05) is 80.6 Å². The zero-order valence-corrected chi connectivity index (χ0v) is 25.5. The minimum absolute atomic E-state index is 0.0159. The first-order valence-corrected chi connectivity index (χ1v) is 14.6. The van der Waals surface area contributed by atoms with E-state index >= 15 is 0 Å². The fourth-order valence-corrected chi connectivity index (χ4v) is 5.58. The molecule has 206 valence electrons. The first-order valence-electron chi connectivity index (χ1n) is 13.1. The molecular formula is C33H27IN2O4S. The standard InChI is InChI=1S/C33H27IN2O4S/c1-3-39-29-20-24(19-28(34)30(29)40-21-23-16-14-22(2)15-17-23)18-27-31(37)35(25-10-6-4-7-11-25)33(41)36(32(27)38)26-12-8-5-9-13-26/h4-20H,3,21H2,1-2H3. The van der Waals surface area contributed by atoms with E-state index in [9.17, 15) is 9.59 Å². The summed E-state index contributed by atoms with van der Waals surface area (Å²) in [7, 11) is 0. The van der Waals surface area contributed by atoms with Crippen molar-refractivity contribution in [2.24, 2.45) is 0 Å². The molecule has 0 N–H and O–H groups in total. The Bertz CT molecular complexity index is 1560. The monoisotopic (exact) mass is 674 g/mol. The van der Waals surface area contributed by atoms with Crippen molar-refractivity contribution in [1.29, 1.82) is 0 Å². The number of anilines is 2. The smallest absolute Gasteiger partial charge is 0.270 e. The van der Waals surface area contributed by atoms with Crippen LogP contribution in [0.1, 0.15) is 23.6 Å². The van der Waals surface area contributed by atoms with Gasteiger partial charge in [0.25, 0.3) is 11.8 Å². The Balaban J connectivity index is 1.55. The van der Waals surface area contributed by atoms with E-state index < -0.39 is 11.8 Å². The molecule has 0 unspecified atom stereocenters. The van der Waals surface area contributed by atoms with Gasteiger partial charge in [0.1, 0.15) is 12.2 Å². The molecular weight excluding hydrogens is 647 g/mol. The first kappa shape index (κ1) is 28.5. The Morgan fingerprint density at radius 3 is 1.90 bits per heavy atom. The van der Waals surface area contributed by atoms with Gasteiger partial charge in [0, 0.05) is 0 Å². The van der Waals surface area contributed by atoms with Crippen molar-refractivity contribution in [3.63, 3.8) is 0 Å². The Hall–Kier alpha value is -4.02. The van der Waals surface area contributed by atoms with Crippen LogP contribution in [0.3, 0.4) is 0 Å². The maximum atomic E-state index is 13.8. The Labute approximate surface area is 258 Å². The van der Waals surface area contributed by atoms with Crippen LogP contribution >= 0.6 is 34.8 Å². The second-order valence-corrected chi connectivity index (χ2v) is 10.9. The van der Waals surface area contributed by atoms with E-state index in [1.165, 1.54) is 15.4 Å². The lowest BCUT2D eigenvalue weighted by molar-refractivity contribution is -0.120. The predicted octanol–water partition coefficient (Wildman–Crippen LogP) is 7.33. The molecule has 1 aliphatic heterocycles. The maximum absolute atomic E-state index is 13.8. The van der Waals surface area contributed by atoms with E-state index in [1.54, 1.807) is 36.4 Å².